The topological polar surface area (TPSA) is 70.0 Å². The van der Waals surface area contributed by atoms with Crippen LogP contribution in [-0.2, 0) is 15.8 Å². The fourth-order valence-corrected chi connectivity index (χ4v) is 4.43. The van der Waals surface area contributed by atoms with Crippen molar-refractivity contribution >= 4 is 10.0 Å². The summed E-state index contributed by atoms with van der Waals surface area (Å²) >= 11 is 0. The molecule has 21 heavy (non-hydrogen) atoms. The molecule has 2 rings (SSSR count). The molecule has 0 aliphatic heterocycles. The van der Waals surface area contributed by atoms with Gasteiger partial charge < -0.3 is 0 Å². The molecule has 0 radical (unpaired) electrons. The highest BCUT2D eigenvalue weighted by molar-refractivity contribution is 7.88. The molecule has 1 aliphatic rings. The zero-order chi connectivity index (χ0) is 15.3. The molecule has 114 valence electrons. The van der Waals surface area contributed by atoms with E-state index in [0.29, 0.717) is 11.1 Å². The monoisotopic (exact) mass is 306 g/mol. The number of hydrogen-bond acceptors (Lipinski definition) is 3. The van der Waals surface area contributed by atoms with Gasteiger partial charge in [-0.3, -0.25) is 0 Å². The average molecular weight is 306 g/mol. The maximum atomic E-state index is 12.3. The van der Waals surface area contributed by atoms with Gasteiger partial charge in [0.05, 0.1) is 17.4 Å². The molecule has 0 aromatic heterocycles. The average Bonchev–Trinajstić information content (AvgIpc) is 2.47. The molecule has 5 heteroatoms. The van der Waals surface area contributed by atoms with Crippen LogP contribution < -0.4 is 4.72 Å². The smallest absolute Gasteiger partial charge is 0.212 e. The van der Waals surface area contributed by atoms with Gasteiger partial charge in [0.25, 0.3) is 0 Å². The van der Waals surface area contributed by atoms with Crippen LogP contribution in [0.15, 0.2) is 24.3 Å². The van der Waals surface area contributed by atoms with E-state index < -0.39 is 10.0 Å². The van der Waals surface area contributed by atoms with Crippen molar-refractivity contribution < 1.29 is 8.42 Å². The van der Waals surface area contributed by atoms with Crippen molar-refractivity contribution in [2.45, 2.75) is 50.8 Å². The fourth-order valence-electron chi connectivity index (χ4n) is 2.94. The van der Waals surface area contributed by atoms with E-state index in [0.717, 1.165) is 31.6 Å². The van der Waals surface area contributed by atoms with E-state index in [9.17, 15) is 8.42 Å². The van der Waals surface area contributed by atoms with E-state index in [4.69, 9.17) is 5.26 Å². The minimum atomic E-state index is -3.39. The van der Waals surface area contributed by atoms with Crippen LogP contribution in [0.25, 0.3) is 0 Å². The Labute approximate surface area is 127 Å². The maximum absolute atomic E-state index is 12.3. The third kappa shape index (κ3) is 4.55. The van der Waals surface area contributed by atoms with Crippen molar-refractivity contribution in [2.24, 2.45) is 5.92 Å². The van der Waals surface area contributed by atoms with E-state index in [1.54, 1.807) is 24.3 Å². The molecule has 0 bridgehead atoms. The number of hydrogen-bond donors (Lipinski definition) is 1. The summed E-state index contributed by atoms with van der Waals surface area (Å²) in [7, 11) is -3.39. The van der Waals surface area contributed by atoms with Gasteiger partial charge in [-0.15, -0.1) is 0 Å². The molecule has 1 saturated carbocycles. The Balaban J connectivity index is 1.98. The Morgan fingerprint density at radius 3 is 2.52 bits per heavy atom. The molecular weight excluding hydrogens is 284 g/mol. The van der Waals surface area contributed by atoms with Gasteiger partial charge in [-0.1, -0.05) is 31.5 Å². The van der Waals surface area contributed by atoms with E-state index in [1.165, 1.54) is 6.42 Å². The Morgan fingerprint density at radius 2 is 1.90 bits per heavy atom. The van der Waals surface area contributed by atoms with Crippen LogP contribution in [0.2, 0.25) is 0 Å². The molecule has 1 fully saturated rings. The van der Waals surface area contributed by atoms with Gasteiger partial charge in [0.1, 0.15) is 0 Å². The van der Waals surface area contributed by atoms with Crippen LogP contribution in [0.1, 0.15) is 50.2 Å². The molecule has 0 unspecified atom stereocenters. The SMILES string of the molecule is CCC1CCC(NS(=O)(=O)Cc2ccccc2C#N)CC1. The van der Waals surface area contributed by atoms with E-state index >= 15 is 0 Å². The molecule has 0 saturated heterocycles. The van der Waals surface area contributed by atoms with Crippen LogP contribution in [0.3, 0.4) is 0 Å². The second-order valence-electron chi connectivity index (χ2n) is 5.77. The zero-order valence-electron chi connectivity index (χ0n) is 12.4. The van der Waals surface area contributed by atoms with Crippen LogP contribution in [-0.4, -0.2) is 14.5 Å². The number of sulfonamides is 1. The van der Waals surface area contributed by atoms with E-state index in [-0.39, 0.29) is 11.8 Å². The van der Waals surface area contributed by atoms with Crippen molar-refractivity contribution in [3.05, 3.63) is 35.4 Å². The van der Waals surface area contributed by atoms with Gasteiger partial charge in [0.15, 0.2) is 0 Å². The largest absolute Gasteiger partial charge is 0.216 e. The quantitative estimate of drug-likeness (QED) is 0.909. The van der Waals surface area contributed by atoms with E-state index in [2.05, 4.69) is 11.6 Å². The first kappa shape index (κ1) is 16.0. The number of nitrogens with one attached hydrogen (secondary N) is 1. The number of benzene rings is 1. The van der Waals surface area contributed by atoms with E-state index in [1.807, 2.05) is 6.07 Å². The standard InChI is InChI=1S/C16H22N2O2S/c1-2-13-7-9-16(10-8-13)18-21(19,20)12-15-6-4-3-5-14(15)11-17/h3-6,13,16,18H,2,7-10,12H2,1H3. The molecule has 1 aromatic rings. The third-order valence-electron chi connectivity index (χ3n) is 4.25. The molecule has 1 aliphatic carbocycles. The van der Waals surface area contributed by atoms with Crippen molar-refractivity contribution in [3.63, 3.8) is 0 Å². The number of nitrogens with zero attached hydrogens (tertiary/aromatic N) is 1. The van der Waals surface area contributed by atoms with Crippen molar-refractivity contribution in [2.75, 3.05) is 0 Å². The Bertz CT molecular complexity index is 611. The van der Waals surface area contributed by atoms with Gasteiger partial charge >= 0.3 is 0 Å². The molecule has 0 atom stereocenters. The van der Waals surface area contributed by atoms with Gasteiger partial charge in [0.2, 0.25) is 10.0 Å². The molecule has 1 aromatic carbocycles. The lowest BCUT2D eigenvalue weighted by Crippen LogP contribution is -2.38. The van der Waals surface area contributed by atoms with Crippen LogP contribution >= 0.6 is 0 Å². The summed E-state index contributed by atoms with van der Waals surface area (Å²) in [6.07, 6.45) is 5.20. The van der Waals surface area contributed by atoms with Crippen molar-refractivity contribution in [1.29, 1.82) is 5.26 Å². The van der Waals surface area contributed by atoms with Gasteiger partial charge in [-0.05, 0) is 43.2 Å². The Morgan fingerprint density at radius 1 is 1.24 bits per heavy atom. The van der Waals surface area contributed by atoms with Crippen molar-refractivity contribution in [3.8, 4) is 6.07 Å². The summed E-state index contributed by atoms with van der Waals surface area (Å²) in [5, 5.41) is 9.03. The summed E-state index contributed by atoms with van der Waals surface area (Å²) in [5.41, 5.74) is 0.993. The molecule has 1 N–H and O–H groups in total. The lowest BCUT2D eigenvalue weighted by atomic mass is 9.85. The van der Waals surface area contributed by atoms with Crippen LogP contribution in [0.5, 0.6) is 0 Å². The molecular formula is C16H22N2O2S. The van der Waals surface area contributed by atoms with Gasteiger partial charge in [-0.2, -0.15) is 5.26 Å². The summed E-state index contributed by atoms with van der Waals surface area (Å²) in [6, 6.07) is 8.95. The summed E-state index contributed by atoms with van der Waals surface area (Å²) in [6.45, 7) is 2.19. The second kappa shape index (κ2) is 7.06. The maximum Gasteiger partial charge on any atom is 0.216 e. The summed E-state index contributed by atoms with van der Waals surface area (Å²) in [4.78, 5) is 0. The molecule has 4 nitrogen and oxygen atoms in total. The number of nitriles is 1. The van der Waals surface area contributed by atoms with Crippen LogP contribution in [0, 0.1) is 17.2 Å². The first-order valence-electron chi connectivity index (χ1n) is 7.52. The highest BCUT2D eigenvalue weighted by atomic mass is 32.2. The zero-order valence-corrected chi connectivity index (χ0v) is 13.2. The predicted octanol–water partition coefficient (Wildman–Crippen LogP) is 2.95. The van der Waals surface area contributed by atoms with Crippen LogP contribution in [0.4, 0.5) is 0 Å². The molecule has 0 heterocycles. The first-order valence-corrected chi connectivity index (χ1v) is 9.17. The summed E-state index contributed by atoms with van der Waals surface area (Å²) in [5.74, 6) is 0.620. The minimum absolute atomic E-state index is 0.0482. The third-order valence-corrected chi connectivity index (χ3v) is 5.64. The molecule has 0 amide bonds. The normalized spacial score (nSPS) is 22.7. The highest BCUT2D eigenvalue weighted by Gasteiger charge is 2.24. The lowest BCUT2D eigenvalue weighted by molar-refractivity contribution is 0.306. The Kier molecular flexibility index (Phi) is 5.38. The fraction of sp³-hybridized carbons (Fsp3) is 0.562. The summed E-state index contributed by atoms with van der Waals surface area (Å²) < 4.78 is 27.3. The Hall–Kier alpha value is -1.38. The lowest BCUT2D eigenvalue weighted by Gasteiger charge is -2.28. The van der Waals surface area contributed by atoms with Crippen molar-refractivity contribution in [1.82, 2.24) is 4.72 Å². The van der Waals surface area contributed by atoms with Gasteiger partial charge in [0, 0.05) is 6.04 Å². The van der Waals surface area contributed by atoms with Gasteiger partial charge in [-0.25, -0.2) is 13.1 Å². The second-order valence-corrected chi connectivity index (χ2v) is 7.53. The molecule has 0 spiro atoms. The number of rotatable bonds is 5. The first-order chi connectivity index (χ1) is 10.0. The highest BCUT2D eigenvalue weighted by Crippen LogP contribution is 2.27. The predicted molar refractivity (Wildman–Crippen MR) is 83.0 cm³/mol. The minimum Gasteiger partial charge on any atom is -0.212 e.